The molecule has 164 valence electrons. The summed E-state index contributed by atoms with van der Waals surface area (Å²) in [5.74, 6) is -0.385. The van der Waals surface area contributed by atoms with E-state index >= 15 is 0 Å². The van der Waals surface area contributed by atoms with Crippen LogP contribution in [0.1, 0.15) is 35.7 Å². The van der Waals surface area contributed by atoms with Gasteiger partial charge in [-0.15, -0.1) is 0 Å². The maximum atomic E-state index is 12.9. The summed E-state index contributed by atoms with van der Waals surface area (Å²) in [5, 5.41) is 3.30. The molecule has 3 aromatic rings. The molecule has 1 N–H and O–H groups in total. The molecular formula is C22H25N3O4S2. The molecule has 1 aliphatic rings. The average molecular weight is 460 g/mol. The monoisotopic (exact) mass is 459 g/mol. The van der Waals surface area contributed by atoms with Crippen molar-refractivity contribution in [1.29, 1.82) is 0 Å². The standard InChI is InChI=1S/C22H25N3O4S2/c1-2-3-5-16-8-9-19-20(14-16)30-22(23-19)24-21(26)17-6-4-7-18(15-17)31(27,28)25-10-12-29-13-11-25/h4,6-9,14-15H,2-3,5,10-13H2,1H3,(H,23,24,26). The molecule has 0 radical (unpaired) electrons. The van der Waals surface area contributed by atoms with Crippen molar-refractivity contribution in [3.05, 3.63) is 53.6 Å². The summed E-state index contributed by atoms with van der Waals surface area (Å²) < 4.78 is 33.4. The zero-order valence-electron chi connectivity index (χ0n) is 17.3. The van der Waals surface area contributed by atoms with E-state index in [2.05, 4.69) is 29.4 Å². The van der Waals surface area contributed by atoms with E-state index < -0.39 is 10.0 Å². The molecule has 0 atom stereocenters. The molecule has 9 heteroatoms. The highest BCUT2D eigenvalue weighted by Crippen LogP contribution is 2.28. The quantitative estimate of drug-likeness (QED) is 0.579. The molecule has 0 saturated carbocycles. The number of hydrogen-bond donors (Lipinski definition) is 1. The fourth-order valence-electron chi connectivity index (χ4n) is 3.46. The van der Waals surface area contributed by atoms with Crippen molar-refractivity contribution >= 4 is 42.6 Å². The number of benzene rings is 2. The molecule has 0 aliphatic carbocycles. The third kappa shape index (κ3) is 4.95. The summed E-state index contributed by atoms with van der Waals surface area (Å²) in [6, 6.07) is 12.3. The molecule has 1 aromatic heterocycles. The Labute approximate surface area is 186 Å². The van der Waals surface area contributed by atoms with E-state index in [1.54, 1.807) is 12.1 Å². The number of rotatable bonds is 7. The largest absolute Gasteiger partial charge is 0.379 e. The first-order valence-electron chi connectivity index (χ1n) is 10.4. The highest BCUT2D eigenvalue weighted by molar-refractivity contribution is 7.89. The zero-order chi connectivity index (χ0) is 21.8. The summed E-state index contributed by atoms with van der Waals surface area (Å²) in [4.78, 5) is 17.4. The van der Waals surface area contributed by atoms with Gasteiger partial charge in [-0.2, -0.15) is 4.31 Å². The van der Waals surface area contributed by atoms with Crippen LogP contribution < -0.4 is 5.32 Å². The molecule has 0 bridgehead atoms. The van der Waals surface area contributed by atoms with Crippen LogP contribution in [0.25, 0.3) is 10.2 Å². The molecule has 0 unspecified atom stereocenters. The van der Waals surface area contributed by atoms with Crippen LogP contribution in [0.5, 0.6) is 0 Å². The van der Waals surface area contributed by atoms with Crippen LogP contribution in [0, 0.1) is 0 Å². The van der Waals surface area contributed by atoms with Gasteiger partial charge in [0.15, 0.2) is 5.13 Å². The summed E-state index contributed by atoms with van der Waals surface area (Å²) in [7, 11) is -3.66. The van der Waals surface area contributed by atoms with Gasteiger partial charge >= 0.3 is 0 Å². The van der Waals surface area contributed by atoms with E-state index in [1.165, 1.54) is 33.3 Å². The molecule has 1 amide bonds. The van der Waals surface area contributed by atoms with Crippen molar-refractivity contribution in [2.45, 2.75) is 31.1 Å². The van der Waals surface area contributed by atoms with E-state index in [9.17, 15) is 13.2 Å². The van der Waals surface area contributed by atoms with Gasteiger partial charge in [-0.1, -0.05) is 36.8 Å². The topological polar surface area (TPSA) is 88.6 Å². The number of anilines is 1. The molecule has 1 fully saturated rings. The van der Waals surface area contributed by atoms with E-state index in [-0.39, 0.29) is 16.4 Å². The van der Waals surface area contributed by atoms with Crippen LogP contribution in [-0.4, -0.2) is 49.9 Å². The second kappa shape index (κ2) is 9.44. The smallest absolute Gasteiger partial charge is 0.257 e. The lowest BCUT2D eigenvalue weighted by atomic mass is 10.1. The number of carbonyl (C=O) groups excluding carboxylic acids is 1. The number of thiazole rings is 1. The number of nitrogens with zero attached hydrogens (tertiary/aromatic N) is 2. The fourth-order valence-corrected chi connectivity index (χ4v) is 5.84. The normalized spacial score (nSPS) is 15.3. The van der Waals surface area contributed by atoms with Crippen LogP contribution >= 0.6 is 11.3 Å². The first kappa shape index (κ1) is 21.9. The molecule has 0 spiro atoms. The number of aryl methyl sites for hydroxylation is 1. The number of carbonyl (C=O) groups is 1. The van der Waals surface area contributed by atoms with Gasteiger partial charge < -0.3 is 4.74 Å². The number of morpholine rings is 1. The summed E-state index contributed by atoms with van der Waals surface area (Å²) in [6.45, 7) is 3.53. The molecule has 2 heterocycles. The third-order valence-corrected chi connectivity index (χ3v) is 8.02. The van der Waals surface area contributed by atoms with Crippen LogP contribution in [-0.2, 0) is 21.2 Å². The molecule has 4 rings (SSSR count). The Morgan fingerprint density at radius 1 is 1.19 bits per heavy atom. The minimum Gasteiger partial charge on any atom is -0.379 e. The molecule has 1 aliphatic heterocycles. The lowest BCUT2D eigenvalue weighted by Gasteiger charge is -2.26. The van der Waals surface area contributed by atoms with Gasteiger partial charge in [0.25, 0.3) is 5.91 Å². The van der Waals surface area contributed by atoms with E-state index in [0.717, 1.165) is 29.5 Å². The van der Waals surface area contributed by atoms with Gasteiger partial charge in [0, 0.05) is 18.7 Å². The fraction of sp³-hybridized carbons (Fsp3) is 0.364. The van der Waals surface area contributed by atoms with E-state index in [1.807, 2.05) is 6.07 Å². The van der Waals surface area contributed by atoms with E-state index in [0.29, 0.717) is 31.4 Å². The van der Waals surface area contributed by atoms with Gasteiger partial charge in [-0.05, 0) is 48.7 Å². The number of unbranched alkanes of at least 4 members (excludes halogenated alkanes) is 1. The third-order valence-electron chi connectivity index (χ3n) is 5.20. The van der Waals surface area contributed by atoms with Crippen molar-refractivity contribution in [1.82, 2.24) is 9.29 Å². The number of nitrogens with one attached hydrogen (secondary N) is 1. The SMILES string of the molecule is CCCCc1ccc2nc(NC(=O)c3cccc(S(=O)(=O)N4CCOCC4)c3)sc2c1. The van der Waals surface area contributed by atoms with Crippen molar-refractivity contribution in [3.63, 3.8) is 0 Å². The second-order valence-corrected chi connectivity index (χ2v) is 10.4. The number of sulfonamides is 1. The number of amides is 1. The molecule has 2 aromatic carbocycles. The lowest BCUT2D eigenvalue weighted by Crippen LogP contribution is -2.40. The van der Waals surface area contributed by atoms with Crippen molar-refractivity contribution in [3.8, 4) is 0 Å². The Morgan fingerprint density at radius 3 is 2.77 bits per heavy atom. The Hall–Kier alpha value is -2.33. The molecular weight excluding hydrogens is 434 g/mol. The average Bonchev–Trinajstić information content (AvgIpc) is 3.19. The first-order chi connectivity index (χ1) is 15.0. The van der Waals surface area contributed by atoms with Gasteiger partial charge in [0.2, 0.25) is 10.0 Å². The second-order valence-electron chi connectivity index (χ2n) is 7.42. The van der Waals surface area contributed by atoms with Crippen LogP contribution in [0.2, 0.25) is 0 Å². The molecule has 1 saturated heterocycles. The minimum atomic E-state index is -3.66. The van der Waals surface area contributed by atoms with Crippen molar-refractivity contribution in [2.24, 2.45) is 0 Å². The Balaban J connectivity index is 1.51. The number of fused-ring (bicyclic) bond motifs is 1. The van der Waals surface area contributed by atoms with Crippen LogP contribution in [0.15, 0.2) is 47.4 Å². The summed E-state index contributed by atoms with van der Waals surface area (Å²) in [5.41, 5.74) is 2.37. The van der Waals surface area contributed by atoms with Crippen molar-refractivity contribution in [2.75, 3.05) is 31.6 Å². The minimum absolute atomic E-state index is 0.104. The van der Waals surface area contributed by atoms with Crippen molar-refractivity contribution < 1.29 is 17.9 Å². The Kier molecular flexibility index (Phi) is 6.66. The molecule has 31 heavy (non-hydrogen) atoms. The zero-order valence-corrected chi connectivity index (χ0v) is 19.0. The predicted octanol–water partition coefficient (Wildman–Crippen LogP) is 3.91. The number of aromatic nitrogens is 1. The maximum Gasteiger partial charge on any atom is 0.257 e. The summed E-state index contributed by atoms with van der Waals surface area (Å²) in [6.07, 6.45) is 3.30. The highest BCUT2D eigenvalue weighted by atomic mass is 32.2. The van der Waals surface area contributed by atoms with E-state index in [4.69, 9.17) is 4.74 Å². The van der Waals surface area contributed by atoms with Gasteiger partial charge in [-0.25, -0.2) is 13.4 Å². The highest BCUT2D eigenvalue weighted by Gasteiger charge is 2.27. The lowest BCUT2D eigenvalue weighted by molar-refractivity contribution is 0.0730. The van der Waals surface area contributed by atoms with Crippen LogP contribution in [0.4, 0.5) is 5.13 Å². The Bertz CT molecular complexity index is 1180. The predicted molar refractivity (Wildman–Crippen MR) is 122 cm³/mol. The molecule has 7 nitrogen and oxygen atoms in total. The van der Waals surface area contributed by atoms with Crippen LogP contribution in [0.3, 0.4) is 0 Å². The van der Waals surface area contributed by atoms with Gasteiger partial charge in [0.05, 0.1) is 28.3 Å². The Morgan fingerprint density at radius 2 is 2.00 bits per heavy atom. The van der Waals surface area contributed by atoms with Gasteiger partial charge in [-0.3, -0.25) is 10.1 Å². The number of hydrogen-bond acceptors (Lipinski definition) is 6. The maximum absolute atomic E-state index is 12.9. The first-order valence-corrected chi connectivity index (χ1v) is 12.6. The van der Waals surface area contributed by atoms with Gasteiger partial charge in [0.1, 0.15) is 0 Å². The summed E-state index contributed by atoms with van der Waals surface area (Å²) >= 11 is 1.42. The number of ether oxygens (including phenoxy) is 1.